The molecule has 16 heavy (non-hydrogen) atoms. The summed E-state index contributed by atoms with van der Waals surface area (Å²) in [6.07, 6.45) is 3.82. The Bertz CT molecular complexity index is 558. The van der Waals surface area contributed by atoms with Crippen molar-refractivity contribution in [3.63, 3.8) is 0 Å². The quantitative estimate of drug-likeness (QED) is 0.712. The van der Waals surface area contributed by atoms with Gasteiger partial charge in [-0.2, -0.15) is 5.10 Å². The van der Waals surface area contributed by atoms with Crippen LogP contribution in [0.2, 0.25) is 0 Å². The smallest absolute Gasteiger partial charge is 0.182 e. The lowest BCUT2D eigenvalue weighted by molar-refractivity contribution is 0.714. The van der Waals surface area contributed by atoms with Crippen molar-refractivity contribution in [2.24, 2.45) is 10.8 Å². The Morgan fingerprint density at radius 2 is 2.31 bits per heavy atom. The van der Waals surface area contributed by atoms with Crippen LogP contribution in [0, 0.1) is 0 Å². The summed E-state index contributed by atoms with van der Waals surface area (Å²) in [5.74, 6) is 1.34. The van der Waals surface area contributed by atoms with Gasteiger partial charge in [-0.3, -0.25) is 0 Å². The van der Waals surface area contributed by atoms with E-state index in [9.17, 15) is 0 Å². The highest BCUT2D eigenvalue weighted by Gasteiger charge is 2.25. The summed E-state index contributed by atoms with van der Waals surface area (Å²) in [6, 6.07) is 0.210. The second-order valence-corrected chi connectivity index (χ2v) is 3.79. The molecule has 0 spiro atoms. The minimum absolute atomic E-state index is 0.210. The summed E-state index contributed by atoms with van der Waals surface area (Å²) in [4.78, 5) is 15.4. The van der Waals surface area contributed by atoms with E-state index in [0.29, 0.717) is 11.5 Å². The van der Waals surface area contributed by atoms with Crippen molar-refractivity contribution in [2.75, 3.05) is 5.01 Å². The third-order valence-corrected chi connectivity index (χ3v) is 2.58. The van der Waals surface area contributed by atoms with Gasteiger partial charge in [0, 0.05) is 6.42 Å². The minimum Gasteiger partial charge on any atom is -0.386 e. The summed E-state index contributed by atoms with van der Waals surface area (Å²) in [7, 11) is 0. The van der Waals surface area contributed by atoms with Gasteiger partial charge in [0.15, 0.2) is 11.5 Å². The van der Waals surface area contributed by atoms with Crippen LogP contribution in [0.25, 0.3) is 11.2 Å². The van der Waals surface area contributed by atoms with E-state index in [1.807, 2.05) is 6.92 Å². The van der Waals surface area contributed by atoms with Gasteiger partial charge in [0.1, 0.15) is 17.7 Å². The molecule has 0 amide bonds. The van der Waals surface area contributed by atoms with Crippen molar-refractivity contribution in [1.29, 1.82) is 0 Å². The number of fused-ring (bicyclic) bond motifs is 1. The van der Waals surface area contributed by atoms with Crippen molar-refractivity contribution in [2.45, 2.75) is 19.4 Å². The molecule has 0 saturated heterocycles. The Morgan fingerprint density at radius 3 is 3.06 bits per heavy atom. The molecular formula is C9H11N7. The van der Waals surface area contributed by atoms with Gasteiger partial charge in [-0.25, -0.2) is 20.0 Å². The Kier molecular flexibility index (Phi) is 1.79. The molecule has 1 atom stereocenters. The fraction of sp³-hybridized carbons (Fsp3) is 0.333. The first-order chi connectivity index (χ1) is 7.75. The molecule has 0 aromatic carbocycles. The van der Waals surface area contributed by atoms with Crippen molar-refractivity contribution < 1.29 is 0 Å². The zero-order valence-electron chi connectivity index (χ0n) is 8.75. The van der Waals surface area contributed by atoms with E-state index in [2.05, 4.69) is 25.0 Å². The Morgan fingerprint density at radius 1 is 1.44 bits per heavy atom. The number of anilines is 1. The van der Waals surface area contributed by atoms with E-state index in [1.54, 1.807) is 11.3 Å². The first-order valence-corrected chi connectivity index (χ1v) is 5.02. The van der Waals surface area contributed by atoms with E-state index in [0.717, 1.165) is 17.8 Å². The van der Waals surface area contributed by atoms with Crippen LogP contribution in [0.5, 0.6) is 0 Å². The maximum Gasteiger partial charge on any atom is 0.182 e. The van der Waals surface area contributed by atoms with Crippen LogP contribution in [0.15, 0.2) is 17.8 Å². The summed E-state index contributed by atoms with van der Waals surface area (Å²) >= 11 is 0. The maximum absolute atomic E-state index is 5.71. The number of hydrogen-bond donors (Lipinski definition) is 2. The molecule has 1 unspecified atom stereocenters. The highest BCUT2D eigenvalue weighted by atomic mass is 15.5. The maximum atomic E-state index is 5.71. The number of aromatic amines is 1. The van der Waals surface area contributed by atoms with Crippen molar-refractivity contribution in [3.05, 3.63) is 12.7 Å². The van der Waals surface area contributed by atoms with Crippen molar-refractivity contribution in [1.82, 2.24) is 19.9 Å². The number of hydrazone groups is 1. The van der Waals surface area contributed by atoms with Crippen LogP contribution >= 0.6 is 0 Å². The number of aromatic nitrogens is 4. The Labute approximate surface area is 91.4 Å². The molecule has 0 radical (unpaired) electrons. The Hall–Kier alpha value is -2.18. The number of nitrogens with one attached hydrogen (secondary N) is 1. The number of H-pyrrole nitrogens is 1. The summed E-state index contributed by atoms with van der Waals surface area (Å²) in [5.41, 5.74) is 7.13. The van der Waals surface area contributed by atoms with E-state index in [4.69, 9.17) is 5.73 Å². The van der Waals surface area contributed by atoms with E-state index in [1.165, 1.54) is 6.33 Å². The van der Waals surface area contributed by atoms with E-state index >= 15 is 0 Å². The summed E-state index contributed by atoms with van der Waals surface area (Å²) < 4.78 is 0. The first-order valence-electron chi connectivity index (χ1n) is 5.02. The molecule has 3 heterocycles. The van der Waals surface area contributed by atoms with Gasteiger partial charge in [0.25, 0.3) is 0 Å². The van der Waals surface area contributed by atoms with Crippen LogP contribution in [0.3, 0.4) is 0 Å². The number of nitrogens with two attached hydrogens (primary N) is 1. The first kappa shape index (κ1) is 9.08. The van der Waals surface area contributed by atoms with Crippen LogP contribution in [-0.4, -0.2) is 31.8 Å². The second-order valence-electron chi connectivity index (χ2n) is 3.79. The van der Waals surface area contributed by atoms with Crippen molar-refractivity contribution in [3.8, 4) is 0 Å². The number of imidazole rings is 1. The highest BCUT2D eigenvalue weighted by Crippen LogP contribution is 2.25. The molecule has 7 nitrogen and oxygen atoms in total. The number of nitrogens with zero attached hydrogens (tertiary/aromatic N) is 5. The standard InChI is InChI=1S/C9H11N7/c1-5-2-6(10)15-16(5)9-7-8(12-3-11-7)13-4-14-9/h3-5H,2H2,1H3,(H2,10,15)(H,11,12,13,14). The fourth-order valence-corrected chi connectivity index (χ4v) is 1.85. The number of hydrogen-bond acceptors (Lipinski definition) is 6. The third-order valence-electron chi connectivity index (χ3n) is 2.58. The topological polar surface area (TPSA) is 96.1 Å². The van der Waals surface area contributed by atoms with Gasteiger partial charge in [-0.05, 0) is 6.92 Å². The molecule has 0 aliphatic carbocycles. The van der Waals surface area contributed by atoms with Gasteiger partial charge in [0.05, 0.1) is 12.4 Å². The van der Waals surface area contributed by atoms with Crippen LogP contribution in [0.1, 0.15) is 13.3 Å². The molecule has 3 N–H and O–H groups in total. The van der Waals surface area contributed by atoms with Crippen LogP contribution in [-0.2, 0) is 0 Å². The minimum atomic E-state index is 0.210. The molecule has 1 aliphatic rings. The molecular weight excluding hydrogens is 206 g/mol. The molecule has 82 valence electrons. The average molecular weight is 217 g/mol. The summed E-state index contributed by atoms with van der Waals surface area (Å²) in [5, 5.41) is 6.06. The van der Waals surface area contributed by atoms with Crippen LogP contribution in [0.4, 0.5) is 5.82 Å². The number of amidine groups is 1. The van der Waals surface area contributed by atoms with Gasteiger partial charge >= 0.3 is 0 Å². The average Bonchev–Trinajstić information content (AvgIpc) is 2.84. The van der Waals surface area contributed by atoms with Gasteiger partial charge in [0.2, 0.25) is 0 Å². The molecule has 0 saturated carbocycles. The van der Waals surface area contributed by atoms with Gasteiger partial charge in [-0.15, -0.1) is 0 Å². The normalized spacial score (nSPS) is 20.4. The molecule has 2 aromatic rings. The highest BCUT2D eigenvalue weighted by molar-refractivity contribution is 5.88. The lowest BCUT2D eigenvalue weighted by atomic mass is 10.2. The molecule has 7 heteroatoms. The predicted octanol–water partition coefficient (Wildman–Crippen LogP) is 0.224. The summed E-state index contributed by atoms with van der Waals surface area (Å²) in [6.45, 7) is 2.05. The zero-order valence-corrected chi connectivity index (χ0v) is 8.75. The van der Waals surface area contributed by atoms with E-state index < -0.39 is 0 Å². The lowest BCUT2D eigenvalue weighted by Gasteiger charge is -2.18. The van der Waals surface area contributed by atoms with E-state index in [-0.39, 0.29) is 6.04 Å². The molecule has 0 bridgehead atoms. The Balaban J connectivity index is 2.15. The van der Waals surface area contributed by atoms with Crippen molar-refractivity contribution >= 4 is 22.8 Å². The molecule has 3 rings (SSSR count). The number of rotatable bonds is 1. The second kappa shape index (κ2) is 3.16. The molecule has 0 fully saturated rings. The molecule has 1 aliphatic heterocycles. The predicted molar refractivity (Wildman–Crippen MR) is 59.9 cm³/mol. The monoisotopic (exact) mass is 217 g/mol. The lowest BCUT2D eigenvalue weighted by Crippen LogP contribution is -2.24. The van der Waals surface area contributed by atoms with Crippen LogP contribution < -0.4 is 10.7 Å². The SMILES string of the molecule is CC1CC(N)=NN1c1ncnc2nc[nH]c12. The zero-order chi connectivity index (χ0) is 11.1. The third kappa shape index (κ3) is 1.21. The fourth-order valence-electron chi connectivity index (χ4n) is 1.85. The molecule has 2 aromatic heterocycles. The van der Waals surface area contributed by atoms with Gasteiger partial charge in [-0.1, -0.05) is 0 Å². The van der Waals surface area contributed by atoms with Gasteiger partial charge < -0.3 is 10.7 Å². The largest absolute Gasteiger partial charge is 0.386 e.